The Bertz CT molecular complexity index is 577. The Kier molecular flexibility index (Phi) is 4.31. The number of rotatable bonds is 4. The Morgan fingerprint density at radius 3 is 2.90 bits per heavy atom. The quantitative estimate of drug-likeness (QED) is 0.750. The molecule has 2 N–H and O–H groups in total. The van der Waals surface area contributed by atoms with Crippen LogP contribution in [0.4, 0.5) is 0 Å². The van der Waals surface area contributed by atoms with Gasteiger partial charge in [0.05, 0.1) is 5.69 Å². The summed E-state index contributed by atoms with van der Waals surface area (Å²) in [7, 11) is -3.80. The normalized spacial score (nSPS) is 22.4. The van der Waals surface area contributed by atoms with Crippen molar-refractivity contribution >= 4 is 16.0 Å². The summed E-state index contributed by atoms with van der Waals surface area (Å²) in [6.07, 6.45) is 4.24. The fraction of sp³-hybridized carbons (Fsp3) is 0.545. The van der Waals surface area contributed by atoms with Gasteiger partial charge in [-0.25, -0.2) is 8.42 Å². The van der Waals surface area contributed by atoms with Crippen LogP contribution < -0.4 is 5.32 Å². The van der Waals surface area contributed by atoms with Crippen LogP contribution in [-0.4, -0.2) is 59.4 Å². The van der Waals surface area contributed by atoms with Crippen LogP contribution in [0.5, 0.6) is 0 Å². The molecule has 1 fully saturated rings. The number of carboxylic acids is 1. The summed E-state index contributed by atoms with van der Waals surface area (Å²) in [5.41, 5.74) is 0.301. The van der Waals surface area contributed by atoms with E-state index >= 15 is 0 Å². The van der Waals surface area contributed by atoms with E-state index in [0.29, 0.717) is 12.2 Å². The Morgan fingerprint density at radius 1 is 1.55 bits per heavy atom. The fourth-order valence-electron chi connectivity index (χ4n) is 2.08. The molecule has 1 aromatic heterocycles. The molecule has 0 amide bonds. The molecule has 2 rings (SSSR count). The van der Waals surface area contributed by atoms with Gasteiger partial charge < -0.3 is 10.4 Å². The van der Waals surface area contributed by atoms with Gasteiger partial charge in [0.15, 0.2) is 0 Å². The topological polar surface area (TPSA) is 112 Å². The van der Waals surface area contributed by atoms with Crippen molar-refractivity contribution in [3.63, 3.8) is 0 Å². The van der Waals surface area contributed by atoms with Gasteiger partial charge in [-0.3, -0.25) is 14.8 Å². The molecule has 2 unspecified atom stereocenters. The number of nitrogens with one attached hydrogen (secondary N) is 1. The van der Waals surface area contributed by atoms with Crippen molar-refractivity contribution in [2.45, 2.75) is 18.2 Å². The zero-order chi connectivity index (χ0) is 14.8. The maximum absolute atomic E-state index is 12.6. The molecule has 1 aliphatic heterocycles. The Balaban J connectivity index is 2.31. The van der Waals surface area contributed by atoms with Crippen LogP contribution in [0.2, 0.25) is 0 Å². The van der Waals surface area contributed by atoms with E-state index in [9.17, 15) is 13.2 Å². The number of carbonyl (C=O) groups is 1. The van der Waals surface area contributed by atoms with Crippen molar-refractivity contribution in [1.29, 1.82) is 0 Å². The molecule has 0 aliphatic carbocycles. The van der Waals surface area contributed by atoms with Crippen LogP contribution in [0.25, 0.3) is 0 Å². The fourth-order valence-corrected chi connectivity index (χ4v) is 3.78. The molecule has 0 aromatic carbocycles. The van der Waals surface area contributed by atoms with Crippen molar-refractivity contribution in [3.05, 3.63) is 24.3 Å². The van der Waals surface area contributed by atoms with Crippen LogP contribution in [0.3, 0.4) is 0 Å². The van der Waals surface area contributed by atoms with E-state index in [2.05, 4.69) is 15.3 Å². The van der Waals surface area contributed by atoms with E-state index in [1.807, 2.05) is 0 Å². The second-order valence-electron chi connectivity index (χ2n) is 4.49. The minimum absolute atomic E-state index is 0.0990. The third-order valence-corrected chi connectivity index (χ3v) is 5.48. The van der Waals surface area contributed by atoms with Gasteiger partial charge in [0.25, 0.3) is 0 Å². The van der Waals surface area contributed by atoms with Gasteiger partial charge in [0.1, 0.15) is 11.3 Å². The second kappa shape index (κ2) is 5.81. The van der Waals surface area contributed by atoms with Gasteiger partial charge in [0, 0.05) is 38.2 Å². The lowest BCUT2D eigenvalue weighted by atomic mass is 10.2. The molecule has 0 saturated carbocycles. The van der Waals surface area contributed by atoms with E-state index in [1.165, 1.54) is 25.5 Å². The molecule has 1 saturated heterocycles. The van der Waals surface area contributed by atoms with Gasteiger partial charge in [-0.1, -0.05) is 0 Å². The minimum Gasteiger partial charge on any atom is -0.480 e. The summed E-state index contributed by atoms with van der Waals surface area (Å²) < 4.78 is 26.2. The molecule has 0 bridgehead atoms. The van der Waals surface area contributed by atoms with E-state index in [4.69, 9.17) is 5.11 Å². The highest BCUT2D eigenvalue weighted by Gasteiger charge is 2.40. The first-order valence-corrected chi connectivity index (χ1v) is 7.65. The summed E-state index contributed by atoms with van der Waals surface area (Å²) in [4.78, 5) is 19.0. The van der Waals surface area contributed by atoms with E-state index in [-0.39, 0.29) is 13.1 Å². The number of aromatic nitrogens is 2. The van der Waals surface area contributed by atoms with Gasteiger partial charge in [-0.2, -0.15) is 4.31 Å². The van der Waals surface area contributed by atoms with Crippen molar-refractivity contribution in [2.75, 3.05) is 19.6 Å². The Morgan fingerprint density at radius 2 is 2.30 bits per heavy atom. The van der Waals surface area contributed by atoms with Crippen molar-refractivity contribution in [1.82, 2.24) is 19.6 Å². The number of carboxylic acid groups (broad SMARTS) is 1. The first-order chi connectivity index (χ1) is 9.44. The zero-order valence-corrected chi connectivity index (χ0v) is 11.7. The second-order valence-corrected chi connectivity index (χ2v) is 6.69. The van der Waals surface area contributed by atoms with Crippen LogP contribution in [-0.2, 0) is 14.8 Å². The number of sulfonamides is 1. The third-order valence-electron chi connectivity index (χ3n) is 3.25. The summed E-state index contributed by atoms with van der Waals surface area (Å²) in [5.74, 6) is -1.16. The molecular formula is C11H16N4O4S. The van der Waals surface area contributed by atoms with Crippen molar-refractivity contribution in [3.8, 4) is 0 Å². The van der Waals surface area contributed by atoms with Crippen molar-refractivity contribution in [2.24, 2.45) is 0 Å². The van der Waals surface area contributed by atoms with Crippen LogP contribution in [0.1, 0.15) is 17.9 Å². The van der Waals surface area contributed by atoms with E-state index < -0.39 is 27.3 Å². The van der Waals surface area contributed by atoms with Gasteiger partial charge in [-0.05, 0) is 6.92 Å². The zero-order valence-electron chi connectivity index (χ0n) is 10.9. The highest BCUT2D eigenvalue weighted by Crippen LogP contribution is 2.25. The summed E-state index contributed by atoms with van der Waals surface area (Å²) in [6, 6.07) is -1.09. The maximum Gasteiger partial charge on any atom is 0.323 e. The molecular weight excluding hydrogens is 284 g/mol. The number of hydrogen-bond acceptors (Lipinski definition) is 6. The lowest BCUT2D eigenvalue weighted by Crippen LogP contribution is -2.57. The van der Waals surface area contributed by atoms with E-state index in [0.717, 1.165) is 4.31 Å². The standard InChI is InChI=1S/C11H16N4O4S/c1-8(9-6-12-2-3-14-9)20(18,19)15-5-4-13-7-10(15)11(16)17/h2-3,6,8,10,13H,4-5,7H2,1H3,(H,16,17). The number of aliphatic carboxylic acids is 1. The lowest BCUT2D eigenvalue weighted by Gasteiger charge is -2.34. The summed E-state index contributed by atoms with van der Waals surface area (Å²) in [6.45, 7) is 2.14. The first-order valence-electron chi connectivity index (χ1n) is 6.14. The lowest BCUT2D eigenvalue weighted by molar-refractivity contribution is -0.141. The summed E-state index contributed by atoms with van der Waals surface area (Å²) >= 11 is 0. The molecule has 1 aliphatic rings. The van der Waals surface area contributed by atoms with E-state index in [1.54, 1.807) is 0 Å². The Hall–Kier alpha value is -1.58. The molecule has 110 valence electrons. The number of hydrogen-bond donors (Lipinski definition) is 2. The van der Waals surface area contributed by atoms with Crippen LogP contribution in [0, 0.1) is 0 Å². The molecule has 0 radical (unpaired) electrons. The predicted molar refractivity (Wildman–Crippen MR) is 70.4 cm³/mol. The average Bonchev–Trinajstić information content (AvgIpc) is 2.47. The monoisotopic (exact) mass is 300 g/mol. The molecule has 1 aromatic rings. The third kappa shape index (κ3) is 2.79. The van der Waals surface area contributed by atoms with Crippen LogP contribution >= 0.6 is 0 Å². The van der Waals surface area contributed by atoms with Crippen molar-refractivity contribution < 1.29 is 18.3 Å². The predicted octanol–water partition coefficient (Wildman–Crippen LogP) is -0.774. The smallest absolute Gasteiger partial charge is 0.323 e. The van der Waals surface area contributed by atoms with Crippen LogP contribution in [0.15, 0.2) is 18.6 Å². The minimum atomic E-state index is -3.80. The highest BCUT2D eigenvalue weighted by atomic mass is 32.2. The molecule has 9 heteroatoms. The molecule has 8 nitrogen and oxygen atoms in total. The number of piperazine rings is 1. The molecule has 2 heterocycles. The SMILES string of the molecule is CC(c1cnccn1)S(=O)(=O)N1CCNCC1C(=O)O. The van der Waals surface area contributed by atoms with Gasteiger partial charge in [0.2, 0.25) is 10.0 Å². The number of nitrogens with zero attached hydrogens (tertiary/aromatic N) is 3. The molecule has 0 spiro atoms. The maximum atomic E-state index is 12.6. The average molecular weight is 300 g/mol. The molecule has 2 atom stereocenters. The highest BCUT2D eigenvalue weighted by molar-refractivity contribution is 7.89. The largest absolute Gasteiger partial charge is 0.480 e. The van der Waals surface area contributed by atoms with Gasteiger partial charge in [-0.15, -0.1) is 0 Å². The summed E-state index contributed by atoms with van der Waals surface area (Å²) in [5, 5.41) is 11.1. The van der Waals surface area contributed by atoms with Gasteiger partial charge >= 0.3 is 5.97 Å². The Labute approximate surface area is 116 Å². The molecule has 20 heavy (non-hydrogen) atoms. The first kappa shape index (κ1) is 14.8.